The van der Waals surface area contributed by atoms with Gasteiger partial charge < -0.3 is 10.1 Å². The van der Waals surface area contributed by atoms with Gasteiger partial charge in [-0.3, -0.25) is 9.52 Å². The largest absolute Gasteiger partial charge is 0.483 e. The maximum atomic E-state index is 13.0. The van der Waals surface area contributed by atoms with Crippen LogP contribution in [-0.2, 0) is 21.0 Å². The van der Waals surface area contributed by atoms with Crippen LogP contribution in [-0.4, -0.2) is 20.9 Å². The average Bonchev–Trinajstić information content (AvgIpc) is 2.75. The number of aryl methyl sites for hydroxylation is 1. The van der Waals surface area contributed by atoms with Crippen molar-refractivity contribution in [2.75, 3.05) is 16.6 Å². The zero-order valence-corrected chi connectivity index (χ0v) is 17.6. The van der Waals surface area contributed by atoms with Gasteiger partial charge in [0.15, 0.2) is 6.61 Å². The van der Waals surface area contributed by atoms with Crippen LogP contribution in [0.1, 0.15) is 11.1 Å². The van der Waals surface area contributed by atoms with E-state index >= 15 is 0 Å². The van der Waals surface area contributed by atoms with Crippen LogP contribution in [0.2, 0.25) is 0 Å². The van der Waals surface area contributed by atoms with Crippen LogP contribution >= 0.6 is 0 Å². The highest BCUT2D eigenvalue weighted by molar-refractivity contribution is 7.92. The Kier molecular flexibility index (Phi) is 6.73. The summed E-state index contributed by atoms with van der Waals surface area (Å²) in [5.74, 6) is -1.17. The molecule has 168 valence electrons. The van der Waals surface area contributed by atoms with Gasteiger partial charge in [-0.15, -0.1) is 0 Å². The van der Waals surface area contributed by atoms with Crippen molar-refractivity contribution in [2.45, 2.75) is 18.0 Å². The number of para-hydroxylation sites is 1. The highest BCUT2D eigenvalue weighted by atomic mass is 32.2. The first-order valence-electron chi connectivity index (χ1n) is 9.34. The van der Waals surface area contributed by atoms with Gasteiger partial charge in [-0.25, -0.2) is 8.42 Å². The predicted molar refractivity (Wildman–Crippen MR) is 114 cm³/mol. The van der Waals surface area contributed by atoms with Gasteiger partial charge in [-0.2, -0.15) is 13.2 Å². The van der Waals surface area contributed by atoms with Crippen LogP contribution in [0.3, 0.4) is 0 Å². The van der Waals surface area contributed by atoms with Crippen LogP contribution < -0.4 is 14.8 Å². The summed E-state index contributed by atoms with van der Waals surface area (Å²) >= 11 is 0. The van der Waals surface area contributed by atoms with E-state index in [1.54, 1.807) is 31.2 Å². The molecule has 0 saturated carbocycles. The Labute approximate surface area is 183 Å². The SMILES string of the molecule is Cc1ccc(NC(=O)COc2ccccc2C(F)(F)F)cc1NS(=O)(=O)c1ccccc1. The molecule has 0 spiro atoms. The number of ether oxygens (including phenoxy) is 1. The monoisotopic (exact) mass is 464 g/mol. The molecule has 3 rings (SSSR count). The Morgan fingerprint density at radius 2 is 1.62 bits per heavy atom. The van der Waals surface area contributed by atoms with Gasteiger partial charge in [0.2, 0.25) is 0 Å². The highest BCUT2D eigenvalue weighted by Crippen LogP contribution is 2.35. The van der Waals surface area contributed by atoms with E-state index < -0.39 is 40.0 Å². The molecule has 0 radical (unpaired) electrons. The number of hydrogen-bond donors (Lipinski definition) is 2. The molecule has 1 amide bonds. The van der Waals surface area contributed by atoms with Crippen LogP contribution in [0.25, 0.3) is 0 Å². The minimum atomic E-state index is -4.62. The molecule has 0 bridgehead atoms. The average molecular weight is 464 g/mol. The first kappa shape index (κ1) is 23.1. The fourth-order valence-electron chi connectivity index (χ4n) is 2.78. The molecule has 3 aromatic carbocycles. The molecule has 0 aliphatic carbocycles. The van der Waals surface area contributed by atoms with E-state index in [-0.39, 0.29) is 16.3 Å². The van der Waals surface area contributed by atoms with Crippen LogP contribution in [0, 0.1) is 6.92 Å². The summed E-state index contributed by atoms with van der Waals surface area (Å²) in [6.45, 7) is 1.03. The molecule has 0 unspecified atom stereocenters. The molecule has 0 aromatic heterocycles. The van der Waals surface area contributed by atoms with Gasteiger partial charge in [0, 0.05) is 5.69 Å². The smallest absolute Gasteiger partial charge is 0.419 e. The van der Waals surface area contributed by atoms with Gasteiger partial charge in [-0.1, -0.05) is 36.4 Å². The highest BCUT2D eigenvalue weighted by Gasteiger charge is 2.34. The van der Waals surface area contributed by atoms with Crippen molar-refractivity contribution >= 4 is 27.3 Å². The quantitative estimate of drug-likeness (QED) is 0.525. The van der Waals surface area contributed by atoms with E-state index in [4.69, 9.17) is 4.74 Å². The Hall–Kier alpha value is -3.53. The van der Waals surface area contributed by atoms with Crippen LogP contribution in [0.4, 0.5) is 24.5 Å². The lowest BCUT2D eigenvalue weighted by Crippen LogP contribution is -2.21. The molecule has 6 nitrogen and oxygen atoms in total. The fourth-order valence-corrected chi connectivity index (χ4v) is 3.92. The van der Waals surface area contributed by atoms with Crippen LogP contribution in [0.15, 0.2) is 77.7 Å². The zero-order valence-electron chi connectivity index (χ0n) is 16.8. The summed E-state index contributed by atoms with van der Waals surface area (Å²) < 4.78 is 71.7. The topological polar surface area (TPSA) is 84.5 Å². The number of carbonyl (C=O) groups excluding carboxylic acids is 1. The molecular weight excluding hydrogens is 445 g/mol. The summed E-state index contributed by atoms with van der Waals surface area (Å²) in [5, 5.41) is 2.48. The van der Waals surface area contributed by atoms with Crippen molar-refractivity contribution in [3.8, 4) is 5.75 Å². The number of sulfonamides is 1. The van der Waals surface area contributed by atoms with Crippen molar-refractivity contribution in [2.24, 2.45) is 0 Å². The minimum Gasteiger partial charge on any atom is -0.483 e. The molecule has 2 N–H and O–H groups in total. The summed E-state index contributed by atoms with van der Waals surface area (Å²) in [6, 6.07) is 16.9. The van der Waals surface area contributed by atoms with Crippen molar-refractivity contribution in [3.05, 3.63) is 83.9 Å². The van der Waals surface area contributed by atoms with E-state index in [0.29, 0.717) is 5.56 Å². The lowest BCUT2D eigenvalue weighted by Gasteiger charge is -2.15. The van der Waals surface area contributed by atoms with Crippen molar-refractivity contribution in [3.63, 3.8) is 0 Å². The second kappa shape index (κ2) is 9.31. The van der Waals surface area contributed by atoms with E-state index in [1.165, 1.54) is 36.4 Å². The first-order chi connectivity index (χ1) is 15.1. The second-order valence-corrected chi connectivity index (χ2v) is 8.46. The third kappa shape index (κ3) is 5.79. The Morgan fingerprint density at radius 1 is 0.969 bits per heavy atom. The number of halogens is 3. The number of nitrogens with one attached hydrogen (secondary N) is 2. The molecule has 0 fully saturated rings. The summed E-state index contributed by atoms with van der Waals surface area (Å²) in [6.07, 6.45) is -4.62. The standard InChI is InChI=1S/C22H19F3N2O4S/c1-15-11-12-16(13-19(15)27-32(29,30)17-7-3-2-4-8-17)26-21(28)14-31-20-10-6-5-9-18(20)22(23,24)25/h2-13,27H,14H2,1H3,(H,26,28). The number of alkyl halides is 3. The first-order valence-corrected chi connectivity index (χ1v) is 10.8. The maximum Gasteiger partial charge on any atom is 0.419 e. The normalized spacial score (nSPS) is 11.6. The van der Waals surface area contributed by atoms with Crippen molar-refractivity contribution < 1.29 is 31.1 Å². The van der Waals surface area contributed by atoms with E-state index in [1.807, 2.05) is 0 Å². The summed E-state index contributed by atoms with van der Waals surface area (Å²) in [5.41, 5.74) is 0.118. The molecule has 32 heavy (non-hydrogen) atoms. The second-order valence-electron chi connectivity index (χ2n) is 6.78. The zero-order chi connectivity index (χ0) is 23.4. The lowest BCUT2D eigenvalue weighted by atomic mass is 10.2. The van der Waals surface area contributed by atoms with Gasteiger partial charge in [0.25, 0.3) is 15.9 Å². The van der Waals surface area contributed by atoms with Crippen LogP contribution in [0.5, 0.6) is 5.75 Å². The fraction of sp³-hybridized carbons (Fsp3) is 0.136. The molecule has 0 atom stereocenters. The van der Waals surface area contributed by atoms with Gasteiger partial charge in [0.1, 0.15) is 5.75 Å². The number of rotatable bonds is 7. The molecule has 0 aliphatic rings. The number of anilines is 2. The van der Waals surface area contributed by atoms with Gasteiger partial charge in [0.05, 0.1) is 16.1 Å². The van der Waals surface area contributed by atoms with Gasteiger partial charge >= 0.3 is 6.18 Å². The molecule has 10 heteroatoms. The third-order valence-electron chi connectivity index (χ3n) is 4.37. The third-order valence-corrected chi connectivity index (χ3v) is 5.75. The summed E-state index contributed by atoms with van der Waals surface area (Å²) in [7, 11) is -3.84. The Balaban J connectivity index is 1.69. The van der Waals surface area contributed by atoms with Gasteiger partial charge in [-0.05, 0) is 48.9 Å². The van der Waals surface area contributed by atoms with Crippen molar-refractivity contribution in [1.29, 1.82) is 0 Å². The maximum absolute atomic E-state index is 13.0. The van der Waals surface area contributed by atoms with Crippen molar-refractivity contribution in [1.82, 2.24) is 0 Å². The van der Waals surface area contributed by atoms with E-state index in [9.17, 15) is 26.4 Å². The Morgan fingerprint density at radius 3 is 2.31 bits per heavy atom. The number of hydrogen-bond acceptors (Lipinski definition) is 4. The predicted octanol–water partition coefficient (Wildman–Crippen LogP) is 4.83. The number of amides is 1. The summed E-state index contributed by atoms with van der Waals surface area (Å²) in [4.78, 5) is 12.3. The number of benzene rings is 3. The minimum absolute atomic E-state index is 0.0746. The molecule has 0 heterocycles. The number of carbonyl (C=O) groups is 1. The van der Waals surface area contributed by atoms with E-state index in [2.05, 4.69) is 10.0 Å². The molecule has 0 aliphatic heterocycles. The lowest BCUT2D eigenvalue weighted by molar-refractivity contribution is -0.139. The molecule has 0 saturated heterocycles. The Bertz CT molecular complexity index is 1210. The molecular formula is C22H19F3N2O4S. The van der Waals surface area contributed by atoms with E-state index in [0.717, 1.165) is 12.1 Å². The molecule has 3 aromatic rings.